The Morgan fingerprint density at radius 3 is 2.62 bits per heavy atom. The third kappa shape index (κ3) is 3.97. The van der Waals surface area contributed by atoms with Gasteiger partial charge in [-0.3, -0.25) is 4.68 Å². The number of hydrogen-bond acceptors (Lipinski definition) is 4. The van der Waals surface area contributed by atoms with Gasteiger partial charge in [0.2, 0.25) is 0 Å². The van der Waals surface area contributed by atoms with Gasteiger partial charge in [0.1, 0.15) is 5.82 Å². The van der Waals surface area contributed by atoms with E-state index in [2.05, 4.69) is 25.7 Å². The molecule has 148 valence electrons. The number of tetrazole rings is 1. The van der Waals surface area contributed by atoms with Gasteiger partial charge in [-0.15, -0.1) is 5.10 Å². The van der Waals surface area contributed by atoms with Crippen LogP contribution in [0.3, 0.4) is 0 Å². The molecule has 0 amide bonds. The number of nitrogens with one attached hydrogen (secondary N) is 1. The Labute approximate surface area is 165 Å². The molecule has 0 aliphatic carbocycles. The van der Waals surface area contributed by atoms with E-state index in [0.29, 0.717) is 16.9 Å². The molecule has 0 saturated heterocycles. The van der Waals surface area contributed by atoms with Crippen molar-refractivity contribution in [1.82, 2.24) is 30.4 Å². The van der Waals surface area contributed by atoms with E-state index < -0.39 is 17.6 Å². The largest absolute Gasteiger partial charge is 0.416 e. The van der Waals surface area contributed by atoms with E-state index in [4.69, 9.17) is 11.6 Å². The Bertz CT molecular complexity index is 1200. The fourth-order valence-electron chi connectivity index (χ4n) is 2.83. The number of rotatable bonds is 4. The molecule has 0 bridgehead atoms. The molecule has 0 atom stereocenters. The average Bonchev–Trinajstić information content (AvgIpc) is 3.29. The summed E-state index contributed by atoms with van der Waals surface area (Å²) in [6.07, 6.45) is -1.42. The van der Waals surface area contributed by atoms with Crippen molar-refractivity contribution in [3.63, 3.8) is 0 Å². The molecule has 29 heavy (non-hydrogen) atoms. The number of nitrogens with zero attached hydrogens (tertiary/aromatic N) is 5. The van der Waals surface area contributed by atoms with E-state index in [9.17, 15) is 17.6 Å². The molecular weight excluding hydrogens is 412 g/mol. The number of fused-ring (bicyclic) bond motifs is 1. The zero-order valence-electron chi connectivity index (χ0n) is 14.5. The highest BCUT2D eigenvalue weighted by Crippen LogP contribution is 2.33. The molecule has 0 aliphatic rings. The third-order valence-corrected chi connectivity index (χ3v) is 4.44. The van der Waals surface area contributed by atoms with Gasteiger partial charge in [0, 0.05) is 16.0 Å². The first-order valence-corrected chi connectivity index (χ1v) is 8.62. The summed E-state index contributed by atoms with van der Waals surface area (Å²) >= 11 is 5.76. The molecule has 4 rings (SSSR count). The molecule has 0 unspecified atom stereocenters. The van der Waals surface area contributed by atoms with Gasteiger partial charge in [0.25, 0.3) is 0 Å². The number of benzene rings is 2. The molecule has 6 nitrogen and oxygen atoms in total. The standard InChI is InChI=1S/C18H11ClF4N6/c19-12-3-1-10(14(20)8-12)9-29-16-7-11(18(21,22)23)2-4-13(16)15(26-29)5-6-17-24-27-28-25-17/h1-8H,9H2,(H,24,25,27,28)/b6-5+. The lowest BCUT2D eigenvalue weighted by Crippen LogP contribution is -2.07. The second-order valence-electron chi connectivity index (χ2n) is 6.13. The molecule has 1 N–H and O–H groups in total. The van der Waals surface area contributed by atoms with Crippen molar-refractivity contribution in [3.8, 4) is 0 Å². The maximum absolute atomic E-state index is 14.2. The van der Waals surface area contributed by atoms with Crippen molar-refractivity contribution >= 4 is 34.7 Å². The van der Waals surface area contributed by atoms with Gasteiger partial charge in [-0.25, -0.2) is 9.49 Å². The average molecular weight is 423 g/mol. The van der Waals surface area contributed by atoms with Crippen LogP contribution < -0.4 is 0 Å². The molecule has 4 aromatic rings. The summed E-state index contributed by atoms with van der Waals surface area (Å²) in [4.78, 5) is 0. The molecule has 11 heteroatoms. The third-order valence-electron chi connectivity index (χ3n) is 4.20. The Balaban J connectivity index is 1.82. The van der Waals surface area contributed by atoms with Crippen molar-refractivity contribution in [2.75, 3.05) is 0 Å². The van der Waals surface area contributed by atoms with E-state index >= 15 is 0 Å². The van der Waals surface area contributed by atoms with Gasteiger partial charge < -0.3 is 0 Å². The van der Waals surface area contributed by atoms with Crippen molar-refractivity contribution < 1.29 is 17.6 Å². The van der Waals surface area contributed by atoms with Crippen LogP contribution in [0.25, 0.3) is 23.1 Å². The highest BCUT2D eigenvalue weighted by molar-refractivity contribution is 6.30. The van der Waals surface area contributed by atoms with E-state index in [1.54, 1.807) is 6.08 Å². The lowest BCUT2D eigenvalue weighted by molar-refractivity contribution is -0.137. The van der Waals surface area contributed by atoms with Crippen LogP contribution in [0.1, 0.15) is 22.6 Å². The zero-order chi connectivity index (χ0) is 20.6. The summed E-state index contributed by atoms with van der Waals surface area (Å²) in [5.74, 6) is -0.221. The summed E-state index contributed by atoms with van der Waals surface area (Å²) in [6, 6.07) is 7.41. The second-order valence-corrected chi connectivity index (χ2v) is 6.56. The van der Waals surface area contributed by atoms with Crippen molar-refractivity contribution in [3.05, 3.63) is 69.9 Å². The zero-order valence-corrected chi connectivity index (χ0v) is 15.2. The number of hydrogen-bond donors (Lipinski definition) is 1. The number of aromatic amines is 1. The SMILES string of the molecule is Fc1cc(Cl)ccc1Cn1nc(/C=C/c2nnn[nH]2)c2ccc(C(F)(F)F)cc21. The molecule has 0 spiro atoms. The number of aromatic nitrogens is 6. The quantitative estimate of drug-likeness (QED) is 0.489. The second kappa shape index (κ2) is 7.28. The van der Waals surface area contributed by atoms with Crippen molar-refractivity contribution in [1.29, 1.82) is 0 Å². The van der Waals surface area contributed by atoms with Gasteiger partial charge >= 0.3 is 6.18 Å². The highest BCUT2D eigenvalue weighted by atomic mass is 35.5. The molecule has 0 saturated carbocycles. The predicted molar refractivity (Wildman–Crippen MR) is 98.4 cm³/mol. The molecule has 2 heterocycles. The Morgan fingerprint density at radius 1 is 1.10 bits per heavy atom. The van der Waals surface area contributed by atoms with Crippen LogP contribution in [0.15, 0.2) is 36.4 Å². The Hall–Kier alpha value is -3.27. The van der Waals surface area contributed by atoms with Crippen molar-refractivity contribution in [2.24, 2.45) is 0 Å². The molecular formula is C18H11ClF4N6. The van der Waals surface area contributed by atoms with Crippen LogP contribution in [0.2, 0.25) is 5.02 Å². The van der Waals surface area contributed by atoms with Gasteiger partial charge in [0.05, 0.1) is 23.3 Å². The number of halogens is 5. The van der Waals surface area contributed by atoms with Crippen LogP contribution >= 0.6 is 11.6 Å². The van der Waals surface area contributed by atoms with E-state index in [1.807, 2.05) is 0 Å². The van der Waals surface area contributed by atoms with Gasteiger partial charge in [-0.05, 0) is 52.9 Å². The van der Waals surface area contributed by atoms with E-state index in [1.165, 1.54) is 29.0 Å². The van der Waals surface area contributed by atoms with E-state index in [-0.39, 0.29) is 22.6 Å². The summed E-state index contributed by atoms with van der Waals surface area (Å²) in [7, 11) is 0. The van der Waals surface area contributed by atoms with Crippen LogP contribution in [-0.2, 0) is 12.7 Å². The molecule has 0 radical (unpaired) electrons. The fraction of sp³-hybridized carbons (Fsp3) is 0.111. The molecule has 2 aromatic heterocycles. The topological polar surface area (TPSA) is 72.3 Å². The van der Waals surface area contributed by atoms with Crippen LogP contribution in [0.5, 0.6) is 0 Å². The lowest BCUT2D eigenvalue weighted by atomic mass is 10.1. The first kappa shape index (κ1) is 19.1. The highest BCUT2D eigenvalue weighted by Gasteiger charge is 2.31. The van der Waals surface area contributed by atoms with Crippen LogP contribution in [-0.4, -0.2) is 30.4 Å². The van der Waals surface area contributed by atoms with Gasteiger partial charge in [-0.1, -0.05) is 17.7 Å². The maximum atomic E-state index is 14.2. The minimum Gasteiger partial charge on any atom is -0.260 e. The normalized spacial score (nSPS) is 12.3. The Kier molecular flexibility index (Phi) is 4.79. The maximum Gasteiger partial charge on any atom is 0.416 e. The fourth-order valence-corrected chi connectivity index (χ4v) is 2.98. The first-order chi connectivity index (χ1) is 13.8. The summed E-state index contributed by atoms with van der Waals surface area (Å²) < 4.78 is 55.1. The first-order valence-electron chi connectivity index (χ1n) is 8.25. The van der Waals surface area contributed by atoms with E-state index in [0.717, 1.165) is 18.2 Å². The molecule has 2 aromatic carbocycles. The number of H-pyrrole nitrogens is 1. The summed E-state index contributed by atoms with van der Waals surface area (Å²) in [5.41, 5.74) is 0.0212. The monoisotopic (exact) mass is 422 g/mol. The smallest absolute Gasteiger partial charge is 0.260 e. The lowest BCUT2D eigenvalue weighted by Gasteiger charge is -2.09. The van der Waals surface area contributed by atoms with Gasteiger partial charge in [0.15, 0.2) is 5.82 Å². The summed E-state index contributed by atoms with van der Waals surface area (Å²) in [5, 5.41) is 18.2. The van der Waals surface area contributed by atoms with Gasteiger partial charge in [-0.2, -0.15) is 18.3 Å². The molecule has 0 fully saturated rings. The number of alkyl halides is 3. The van der Waals surface area contributed by atoms with Crippen LogP contribution in [0.4, 0.5) is 17.6 Å². The van der Waals surface area contributed by atoms with Crippen molar-refractivity contribution in [2.45, 2.75) is 12.7 Å². The predicted octanol–water partition coefficient (Wildman–Crippen LogP) is 4.58. The summed E-state index contributed by atoms with van der Waals surface area (Å²) in [6.45, 7) is -0.0709. The minimum atomic E-state index is -4.52. The minimum absolute atomic E-state index is 0.0709. The Morgan fingerprint density at radius 2 is 1.93 bits per heavy atom. The molecule has 0 aliphatic heterocycles. The van der Waals surface area contributed by atoms with Crippen LogP contribution in [0, 0.1) is 5.82 Å².